The van der Waals surface area contributed by atoms with Gasteiger partial charge in [0.05, 0.1) is 4.70 Å². The highest BCUT2D eigenvalue weighted by molar-refractivity contribution is 7.13. The Morgan fingerprint density at radius 1 is 0.938 bits per heavy atom. The lowest BCUT2D eigenvalue weighted by molar-refractivity contribution is 0.0919. The number of nitrogens with zero attached hydrogens (tertiary/aromatic N) is 3. The molecule has 1 saturated carbocycles. The van der Waals surface area contributed by atoms with Gasteiger partial charge in [-0.25, -0.2) is 0 Å². The molecule has 0 atom stereocenters. The van der Waals surface area contributed by atoms with E-state index in [1.165, 1.54) is 41.7 Å². The lowest BCUT2D eigenvalue weighted by atomic mass is 9.84. The van der Waals surface area contributed by atoms with Crippen LogP contribution < -0.4 is 10.2 Å². The molecule has 1 amide bonds. The number of hydrogen-bond acceptors (Lipinski definition) is 5. The molecule has 5 rings (SSSR count). The van der Waals surface area contributed by atoms with Gasteiger partial charge in [0.1, 0.15) is 5.82 Å². The third-order valence-electron chi connectivity index (χ3n) is 7.10. The van der Waals surface area contributed by atoms with Gasteiger partial charge in [0.15, 0.2) is 0 Å². The molecule has 1 aliphatic carbocycles. The number of fused-ring (bicyclic) bond motifs is 1. The fourth-order valence-corrected chi connectivity index (χ4v) is 5.90. The summed E-state index contributed by atoms with van der Waals surface area (Å²) in [5.74, 6) is 2.03. The van der Waals surface area contributed by atoms with E-state index in [1.54, 1.807) is 11.5 Å². The van der Waals surface area contributed by atoms with Crippen LogP contribution in [0.1, 0.15) is 42.5 Å². The van der Waals surface area contributed by atoms with E-state index in [-0.39, 0.29) is 5.91 Å². The Kier molecular flexibility index (Phi) is 6.69. The summed E-state index contributed by atoms with van der Waals surface area (Å²) in [5, 5.41) is 4.53. The van der Waals surface area contributed by atoms with Gasteiger partial charge in [-0.15, -0.1) is 0 Å². The maximum Gasteiger partial charge on any atom is 0.251 e. The molecule has 0 bridgehead atoms. The van der Waals surface area contributed by atoms with Crippen LogP contribution in [0.3, 0.4) is 0 Å². The largest absolute Gasteiger partial charge is 0.353 e. The zero-order chi connectivity index (χ0) is 21.8. The summed E-state index contributed by atoms with van der Waals surface area (Å²) >= 11 is 1.61. The molecule has 0 radical (unpaired) electrons. The molecule has 2 aromatic carbocycles. The van der Waals surface area contributed by atoms with Crippen LogP contribution in [-0.2, 0) is 0 Å². The van der Waals surface area contributed by atoms with Crippen molar-refractivity contribution >= 4 is 33.3 Å². The average molecular weight is 449 g/mol. The molecule has 2 aliphatic rings. The summed E-state index contributed by atoms with van der Waals surface area (Å²) in [6.07, 6.45) is 5.94. The highest BCUT2D eigenvalue weighted by Crippen LogP contribution is 2.30. The highest BCUT2D eigenvalue weighted by atomic mass is 32.1. The lowest BCUT2D eigenvalue weighted by Crippen LogP contribution is -2.47. The molecular formula is C26H32N4OS. The zero-order valence-electron chi connectivity index (χ0n) is 18.6. The molecule has 3 aromatic rings. The molecule has 6 heteroatoms. The molecule has 1 N–H and O–H groups in total. The van der Waals surface area contributed by atoms with Crippen molar-refractivity contribution in [3.05, 3.63) is 60.2 Å². The highest BCUT2D eigenvalue weighted by Gasteiger charge is 2.25. The van der Waals surface area contributed by atoms with E-state index in [0.717, 1.165) is 50.5 Å². The molecule has 0 unspecified atom stereocenters. The minimum atomic E-state index is 0.0693. The zero-order valence-corrected chi connectivity index (χ0v) is 19.4. The van der Waals surface area contributed by atoms with E-state index in [2.05, 4.69) is 39.4 Å². The molecule has 168 valence electrons. The average Bonchev–Trinajstić information content (AvgIpc) is 3.29. The van der Waals surface area contributed by atoms with E-state index >= 15 is 0 Å². The van der Waals surface area contributed by atoms with Gasteiger partial charge in [-0.05, 0) is 80.4 Å². The quantitative estimate of drug-likeness (QED) is 0.589. The summed E-state index contributed by atoms with van der Waals surface area (Å²) in [4.78, 5) is 17.5. The van der Waals surface area contributed by atoms with Crippen molar-refractivity contribution < 1.29 is 4.79 Å². The van der Waals surface area contributed by atoms with Crippen molar-refractivity contribution in [3.8, 4) is 0 Å². The number of hydrogen-bond donors (Lipinski definition) is 1. The molecule has 32 heavy (non-hydrogen) atoms. The fraction of sp³-hybridized carbons (Fsp3) is 0.462. The molecule has 1 aromatic heterocycles. The van der Waals surface area contributed by atoms with E-state index in [9.17, 15) is 4.79 Å². The number of carbonyl (C=O) groups is 1. The Balaban J connectivity index is 1.03. The molecule has 5 nitrogen and oxygen atoms in total. The first-order chi connectivity index (χ1) is 15.8. The number of rotatable bonds is 6. The first-order valence-corrected chi connectivity index (χ1v) is 12.7. The van der Waals surface area contributed by atoms with Crippen LogP contribution in [0, 0.1) is 5.92 Å². The molecule has 0 spiro atoms. The Hall–Kier alpha value is -2.44. The number of nitrogens with one attached hydrogen (secondary N) is 1. The van der Waals surface area contributed by atoms with E-state index in [0.29, 0.717) is 6.04 Å². The summed E-state index contributed by atoms with van der Waals surface area (Å²) in [6, 6.07) is 18.4. The maximum atomic E-state index is 12.4. The number of amides is 1. The smallest absolute Gasteiger partial charge is 0.251 e. The minimum Gasteiger partial charge on any atom is -0.353 e. The summed E-state index contributed by atoms with van der Waals surface area (Å²) in [7, 11) is 0. The summed E-state index contributed by atoms with van der Waals surface area (Å²) < 4.78 is 6.01. The van der Waals surface area contributed by atoms with Crippen molar-refractivity contribution in [2.24, 2.45) is 5.92 Å². The van der Waals surface area contributed by atoms with Crippen molar-refractivity contribution in [1.29, 1.82) is 0 Å². The van der Waals surface area contributed by atoms with Gasteiger partial charge in [0.2, 0.25) is 0 Å². The number of piperazine rings is 1. The summed E-state index contributed by atoms with van der Waals surface area (Å²) in [5.41, 5.74) is 0.763. The monoisotopic (exact) mass is 448 g/mol. The van der Waals surface area contributed by atoms with Gasteiger partial charge in [-0.3, -0.25) is 9.69 Å². The van der Waals surface area contributed by atoms with Gasteiger partial charge in [-0.1, -0.05) is 30.3 Å². The molecule has 1 aliphatic heterocycles. The second-order valence-corrected chi connectivity index (χ2v) is 9.98. The standard InChI is InChI=1S/C26H32N4OS/c31-26(21-6-2-1-3-7-21)27-22-12-10-20(11-13-22)14-15-29-16-18-30(19-17-29)25-23-8-4-5-9-24(23)32-28-25/h1-9,20,22H,10-19H2,(H,27,31). The second-order valence-electron chi connectivity index (χ2n) is 9.18. The van der Waals surface area contributed by atoms with Crippen LogP contribution in [0.15, 0.2) is 54.6 Å². The normalized spacial score (nSPS) is 22.2. The van der Waals surface area contributed by atoms with Gasteiger partial charge < -0.3 is 10.2 Å². The van der Waals surface area contributed by atoms with Gasteiger partial charge >= 0.3 is 0 Å². The van der Waals surface area contributed by atoms with Crippen LogP contribution in [-0.4, -0.2) is 53.9 Å². The predicted molar refractivity (Wildman–Crippen MR) is 133 cm³/mol. The Labute approximate surface area is 194 Å². The topological polar surface area (TPSA) is 48.5 Å². The van der Waals surface area contributed by atoms with Crippen LogP contribution in [0.4, 0.5) is 5.82 Å². The molecule has 2 heterocycles. The SMILES string of the molecule is O=C(NC1CCC(CCN2CCN(c3nsc4ccccc34)CC2)CC1)c1ccccc1. The van der Waals surface area contributed by atoms with Crippen molar-refractivity contribution in [1.82, 2.24) is 14.6 Å². The lowest BCUT2D eigenvalue weighted by Gasteiger charge is -2.36. The van der Waals surface area contributed by atoms with Crippen molar-refractivity contribution in [2.75, 3.05) is 37.6 Å². The van der Waals surface area contributed by atoms with Gasteiger partial charge in [-0.2, -0.15) is 4.37 Å². The van der Waals surface area contributed by atoms with Gasteiger partial charge in [0.25, 0.3) is 5.91 Å². The third-order valence-corrected chi connectivity index (χ3v) is 7.92. The number of benzene rings is 2. The van der Waals surface area contributed by atoms with E-state index in [4.69, 9.17) is 4.37 Å². The predicted octanol–water partition coefficient (Wildman–Crippen LogP) is 4.80. The third kappa shape index (κ3) is 4.97. The minimum absolute atomic E-state index is 0.0693. The van der Waals surface area contributed by atoms with E-state index in [1.807, 2.05) is 30.3 Å². The Bertz CT molecular complexity index is 1020. The molecular weight excluding hydrogens is 416 g/mol. The van der Waals surface area contributed by atoms with Crippen molar-refractivity contribution in [2.45, 2.75) is 38.1 Å². The first kappa shape index (κ1) is 21.4. The first-order valence-electron chi connectivity index (χ1n) is 11.9. The fourth-order valence-electron chi connectivity index (χ4n) is 5.10. The van der Waals surface area contributed by atoms with Crippen LogP contribution >= 0.6 is 11.5 Å². The van der Waals surface area contributed by atoms with Gasteiger partial charge in [0, 0.05) is 43.2 Å². The van der Waals surface area contributed by atoms with Crippen LogP contribution in [0.5, 0.6) is 0 Å². The summed E-state index contributed by atoms with van der Waals surface area (Å²) in [6.45, 7) is 5.55. The number of aromatic nitrogens is 1. The maximum absolute atomic E-state index is 12.4. The molecule has 2 fully saturated rings. The number of carbonyl (C=O) groups excluding carboxylic acids is 1. The Morgan fingerprint density at radius 3 is 2.44 bits per heavy atom. The second kappa shape index (κ2) is 10.0. The van der Waals surface area contributed by atoms with Crippen LogP contribution in [0.25, 0.3) is 10.1 Å². The van der Waals surface area contributed by atoms with Crippen LogP contribution in [0.2, 0.25) is 0 Å². The van der Waals surface area contributed by atoms with Crippen molar-refractivity contribution in [3.63, 3.8) is 0 Å². The Morgan fingerprint density at radius 2 is 1.66 bits per heavy atom. The van der Waals surface area contributed by atoms with E-state index < -0.39 is 0 Å². The molecule has 1 saturated heterocycles. The number of anilines is 1.